The maximum atomic E-state index is 11.9. The lowest BCUT2D eigenvalue weighted by atomic mass is 10.0. The van der Waals surface area contributed by atoms with Gasteiger partial charge in [-0.05, 0) is 46.4 Å². The van der Waals surface area contributed by atoms with Gasteiger partial charge in [-0.25, -0.2) is 5.43 Å². The minimum atomic E-state index is -0.558. The Morgan fingerprint density at radius 2 is 1.83 bits per heavy atom. The lowest BCUT2D eigenvalue weighted by Crippen LogP contribution is -2.24. The molecule has 0 bridgehead atoms. The molecule has 0 heterocycles. The van der Waals surface area contributed by atoms with Crippen molar-refractivity contribution < 1.29 is 14.5 Å². The van der Waals surface area contributed by atoms with E-state index in [0.29, 0.717) is 0 Å². The molecule has 1 amide bonds. The predicted octanol–water partition coefficient (Wildman–Crippen LogP) is 3.70. The van der Waals surface area contributed by atoms with Gasteiger partial charge in [0, 0.05) is 6.07 Å². The van der Waals surface area contributed by atoms with Gasteiger partial charge in [0.05, 0.1) is 11.1 Å². The van der Waals surface area contributed by atoms with Crippen LogP contribution in [0, 0.1) is 10.1 Å². The molecule has 3 aromatic rings. The second-order valence-corrected chi connectivity index (χ2v) is 6.56. The molecule has 144 valence electrons. The van der Waals surface area contributed by atoms with Crippen LogP contribution in [0.1, 0.15) is 16.7 Å². The number of nitrogens with zero attached hydrogens (tertiary/aromatic N) is 2. The molecule has 0 radical (unpaired) electrons. The molecule has 1 aliphatic rings. The van der Waals surface area contributed by atoms with Crippen LogP contribution in [0.2, 0.25) is 0 Å². The first kappa shape index (κ1) is 18.4. The van der Waals surface area contributed by atoms with E-state index >= 15 is 0 Å². The van der Waals surface area contributed by atoms with E-state index in [9.17, 15) is 14.9 Å². The van der Waals surface area contributed by atoms with Crippen LogP contribution in [0.3, 0.4) is 0 Å². The van der Waals surface area contributed by atoms with Crippen molar-refractivity contribution in [3.05, 3.63) is 93.5 Å². The average Bonchev–Trinajstić information content (AvgIpc) is 3.10. The largest absolute Gasteiger partial charge is 0.477 e. The molecular formula is C22H17N3O4. The van der Waals surface area contributed by atoms with Crippen molar-refractivity contribution in [2.75, 3.05) is 6.61 Å². The van der Waals surface area contributed by atoms with Gasteiger partial charge in [0.2, 0.25) is 0 Å². The lowest BCUT2D eigenvalue weighted by molar-refractivity contribution is -0.385. The third-order valence-corrected chi connectivity index (χ3v) is 4.64. The van der Waals surface area contributed by atoms with E-state index in [0.717, 1.165) is 12.0 Å². The Morgan fingerprint density at radius 1 is 1.07 bits per heavy atom. The summed E-state index contributed by atoms with van der Waals surface area (Å²) in [7, 11) is 0. The first-order valence-electron chi connectivity index (χ1n) is 9.01. The van der Waals surface area contributed by atoms with Crippen LogP contribution in [-0.2, 0) is 11.2 Å². The second-order valence-electron chi connectivity index (χ2n) is 6.56. The van der Waals surface area contributed by atoms with Gasteiger partial charge in [0.15, 0.2) is 12.4 Å². The number of amides is 1. The summed E-state index contributed by atoms with van der Waals surface area (Å²) in [5.74, 6) is -0.470. The smallest absolute Gasteiger partial charge is 0.310 e. The number of hydrogen-bond donors (Lipinski definition) is 1. The summed E-state index contributed by atoms with van der Waals surface area (Å²) in [4.78, 5) is 22.3. The number of carbonyl (C=O) groups is 1. The summed E-state index contributed by atoms with van der Waals surface area (Å²) in [5, 5.41) is 14.9. The number of hydrazone groups is 1. The number of hydrogen-bond acceptors (Lipinski definition) is 5. The van der Waals surface area contributed by atoms with E-state index in [1.54, 1.807) is 12.3 Å². The molecule has 0 fully saturated rings. The highest BCUT2D eigenvalue weighted by atomic mass is 16.6. The molecule has 1 N–H and O–H groups in total. The average molecular weight is 387 g/mol. The van der Waals surface area contributed by atoms with Gasteiger partial charge in [-0.1, -0.05) is 48.5 Å². The zero-order valence-corrected chi connectivity index (χ0v) is 15.4. The van der Waals surface area contributed by atoms with Crippen molar-refractivity contribution in [3.8, 4) is 16.9 Å². The van der Waals surface area contributed by atoms with Crippen molar-refractivity contribution >= 4 is 17.8 Å². The molecule has 7 nitrogen and oxygen atoms in total. The van der Waals surface area contributed by atoms with Gasteiger partial charge in [0.25, 0.3) is 5.91 Å². The Bertz CT molecular complexity index is 1120. The minimum Gasteiger partial charge on any atom is -0.477 e. The third-order valence-electron chi connectivity index (χ3n) is 4.64. The van der Waals surface area contributed by atoms with Gasteiger partial charge < -0.3 is 4.74 Å². The van der Waals surface area contributed by atoms with E-state index in [4.69, 9.17) is 4.74 Å². The molecule has 0 aliphatic heterocycles. The molecule has 0 aromatic heterocycles. The van der Waals surface area contributed by atoms with Gasteiger partial charge in [-0.3, -0.25) is 14.9 Å². The van der Waals surface area contributed by atoms with E-state index in [-0.39, 0.29) is 18.0 Å². The molecule has 0 atom stereocenters. The van der Waals surface area contributed by atoms with E-state index < -0.39 is 10.8 Å². The number of rotatable bonds is 6. The van der Waals surface area contributed by atoms with Crippen LogP contribution in [-0.4, -0.2) is 23.7 Å². The fourth-order valence-corrected chi connectivity index (χ4v) is 3.33. The second kappa shape index (κ2) is 7.93. The van der Waals surface area contributed by atoms with E-state index in [1.807, 2.05) is 18.2 Å². The Kier molecular flexibility index (Phi) is 5.03. The fourth-order valence-electron chi connectivity index (χ4n) is 3.33. The maximum absolute atomic E-state index is 11.9. The quantitative estimate of drug-likeness (QED) is 0.310. The number of nitro groups is 1. The van der Waals surface area contributed by atoms with Crippen LogP contribution in [0.5, 0.6) is 5.75 Å². The number of ether oxygens (including phenoxy) is 1. The normalized spacial score (nSPS) is 11.7. The van der Waals surface area contributed by atoms with Crippen molar-refractivity contribution in [1.82, 2.24) is 5.43 Å². The monoisotopic (exact) mass is 387 g/mol. The summed E-state index contributed by atoms with van der Waals surface area (Å²) in [6, 6.07) is 20.3. The summed E-state index contributed by atoms with van der Waals surface area (Å²) in [5.41, 5.74) is 8.05. The van der Waals surface area contributed by atoms with Crippen molar-refractivity contribution in [2.45, 2.75) is 6.42 Å². The summed E-state index contributed by atoms with van der Waals surface area (Å²) < 4.78 is 5.23. The van der Waals surface area contributed by atoms with Crippen LogP contribution in [0.4, 0.5) is 5.69 Å². The predicted molar refractivity (Wildman–Crippen MR) is 109 cm³/mol. The molecule has 29 heavy (non-hydrogen) atoms. The Hall–Kier alpha value is -4.00. The van der Waals surface area contributed by atoms with Crippen molar-refractivity contribution in [2.24, 2.45) is 5.10 Å². The maximum Gasteiger partial charge on any atom is 0.310 e. The highest BCUT2D eigenvalue weighted by Crippen LogP contribution is 2.36. The van der Waals surface area contributed by atoms with Crippen molar-refractivity contribution in [1.29, 1.82) is 0 Å². The van der Waals surface area contributed by atoms with E-state index in [1.165, 1.54) is 40.5 Å². The number of carbonyl (C=O) groups excluding carboxylic acids is 1. The molecule has 0 unspecified atom stereocenters. The fraction of sp³-hybridized carbons (Fsp3) is 0.0909. The highest BCUT2D eigenvalue weighted by molar-refractivity contribution is 5.86. The molecule has 4 rings (SSSR count). The SMILES string of the molecule is O=C(COc1ccccc1[N+](=O)[O-])NN=Cc1ccc2c(c1)Cc1ccccc1-2. The standard InChI is InChI=1S/C22H17N3O4/c26-22(14-29-21-8-4-3-7-20(21)25(27)28)24-23-13-15-9-10-19-17(11-15)12-16-5-1-2-6-18(16)19/h1-11,13H,12,14H2,(H,24,26). The number of nitro benzene ring substituents is 1. The minimum absolute atomic E-state index is 0.0369. The lowest BCUT2D eigenvalue weighted by Gasteiger charge is -2.05. The number of nitrogens with one attached hydrogen (secondary N) is 1. The number of benzene rings is 3. The van der Waals surface area contributed by atoms with Gasteiger partial charge in [-0.15, -0.1) is 0 Å². The topological polar surface area (TPSA) is 93.8 Å². The summed E-state index contributed by atoms with van der Waals surface area (Å²) >= 11 is 0. The molecule has 1 aliphatic carbocycles. The van der Waals surface area contributed by atoms with Crippen LogP contribution in [0.25, 0.3) is 11.1 Å². The summed E-state index contributed by atoms with van der Waals surface area (Å²) in [6.07, 6.45) is 2.44. The Labute approximate surface area is 166 Å². The van der Waals surface area contributed by atoms with Gasteiger partial charge in [0.1, 0.15) is 0 Å². The molecule has 0 saturated heterocycles. The molecule has 0 spiro atoms. The van der Waals surface area contributed by atoms with Crippen LogP contribution < -0.4 is 10.2 Å². The first-order valence-corrected chi connectivity index (χ1v) is 9.01. The van der Waals surface area contributed by atoms with Gasteiger partial charge >= 0.3 is 5.69 Å². The van der Waals surface area contributed by atoms with Crippen LogP contribution in [0.15, 0.2) is 71.8 Å². The first-order chi connectivity index (χ1) is 14.1. The Balaban J connectivity index is 1.35. The molecule has 0 saturated carbocycles. The Morgan fingerprint density at radius 3 is 2.69 bits per heavy atom. The molecule has 7 heteroatoms. The zero-order valence-electron chi connectivity index (χ0n) is 15.4. The summed E-state index contributed by atoms with van der Waals surface area (Å²) in [6.45, 7) is -0.373. The van der Waals surface area contributed by atoms with Crippen LogP contribution >= 0.6 is 0 Å². The van der Waals surface area contributed by atoms with Crippen molar-refractivity contribution in [3.63, 3.8) is 0 Å². The molecule has 3 aromatic carbocycles. The van der Waals surface area contributed by atoms with E-state index in [2.05, 4.69) is 34.8 Å². The third kappa shape index (κ3) is 3.98. The highest BCUT2D eigenvalue weighted by Gasteiger charge is 2.17. The zero-order chi connectivity index (χ0) is 20.2. The molecular weight excluding hydrogens is 370 g/mol. The number of fused-ring (bicyclic) bond motifs is 3. The van der Waals surface area contributed by atoms with Gasteiger partial charge in [-0.2, -0.15) is 5.10 Å². The number of para-hydroxylation sites is 2.